The second-order valence-corrected chi connectivity index (χ2v) is 6.03. The zero-order chi connectivity index (χ0) is 14.1. The predicted molar refractivity (Wildman–Crippen MR) is 80.5 cm³/mol. The second-order valence-electron chi connectivity index (χ2n) is 4.59. The van der Waals surface area contributed by atoms with Gasteiger partial charge in [0, 0.05) is 9.90 Å². The lowest BCUT2D eigenvalue weighted by molar-refractivity contribution is 0.343. The Morgan fingerprint density at radius 2 is 2.30 bits per heavy atom. The topological polar surface area (TPSA) is 41.6 Å². The van der Waals surface area contributed by atoms with E-state index >= 15 is 0 Å². The van der Waals surface area contributed by atoms with Crippen LogP contribution in [0.25, 0.3) is 0 Å². The highest BCUT2D eigenvalue weighted by Crippen LogP contribution is 2.32. The number of hydrogen-bond donors (Lipinski definition) is 1. The summed E-state index contributed by atoms with van der Waals surface area (Å²) in [5.41, 5.74) is 6.82. The summed E-state index contributed by atoms with van der Waals surface area (Å²) < 4.78 is 13.2. The van der Waals surface area contributed by atoms with E-state index in [9.17, 15) is 4.39 Å². The molecular weight excluding hydrogens is 297 g/mol. The number of aliphatic imine (C=N–C) groups is 1. The van der Waals surface area contributed by atoms with E-state index in [1.54, 1.807) is 17.4 Å². The van der Waals surface area contributed by atoms with E-state index in [0.29, 0.717) is 24.1 Å². The van der Waals surface area contributed by atoms with Gasteiger partial charge < -0.3 is 10.6 Å². The van der Waals surface area contributed by atoms with Gasteiger partial charge in [-0.2, -0.15) is 0 Å². The van der Waals surface area contributed by atoms with E-state index < -0.39 is 0 Å². The summed E-state index contributed by atoms with van der Waals surface area (Å²) in [5, 5.41) is 2.44. The van der Waals surface area contributed by atoms with Crippen LogP contribution in [0, 0.1) is 5.82 Å². The number of nitrogens with zero attached hydrogens (tertiary/aromatic N) is 2. The zero-order valence-electron chi connectivity index (χ0n) is 10.6. The van der Waals surface area contributed by atoms with Crippen LogP contribution in [0.4, 0.5) is 4.39 Å². The maximum absolute atomic E-state index is 13.2. The average Bonchev–Trinajstić information content (AvgIpc) is 3.03. The highest BCUT2D eigenvalue weighted by molar-refractivity contribution is 7.09. The van der Waals surface area contributed by atoms with Crippen molar-refractivity contribution in [1.29, 1.82) is 0 Å². The first-order valence-corrected chi connectivity index (χ1v) is 7.45. The molecule has 2 aromatic rings. The number of guanidine groups is 1. The van der Waals surface area contributed by atoms with Crippen molar-refractivity contribution in [2.75, 3.05) is 6.54 Å². The summed E-state index contributed by atoms with van der Waals surface area (Å²) >= 11 is 7.82. The fourth-order valence-electron chi connectivity index (χ4n) is 2.33. The van der Waals surface area contributed by atoms with Gasteiger partial charge >= 0.3 is 0 Å². The summed E-state index contributed by atoms with van der Waals surface area (Å²) in [5.74, 6) is 0.166. The third kappa shape index (κ3) is 2.51. The van der Waals surface area contributed by atoms with E-state index in [-0.39, 0.29) is 11.9 Å². The van der Waals surface area contributed by atoms with Crippen molar-refractivity contribution in [2.45, 2.75) is 12.6 Å². The molecule has 0 fully saturated rings. The van der Waals surface area contributed by atoms with Gasteiger partial charge in [-0.25, -0.2) is 4.39 Å². The molecule has 1 aromatic carbocycles. The van der Waals surface area contributed by atoms with Gasteiger partial charge in [0.15, 0.2) is 5.96 Å². The summed E-state index contributed by atoms with van der Waals surface area (Å²) in [6, 6.07) is 8.47. The van der Waals surface area contributed by atoms with E-state index in [1.165, 1.54) is 17.0 Å². The minimum atomic E-state index is -0.338. The van der Waals surface area contributed by atoms with Crippen molar-refractivity contribution in [3.63, 3.8) is 0 Å². The molecule has 0 saturated carbocycles. The fraction of sp³-hybridized carbons (Fsp3) is 0.214. The van der Waals surface area contributed by atoms with Crippen molar-refractivity contribution in [2.24, 2.45) is 10.7 Å². The first-order chi connectivity index (χ1) is 9.65. The number of benzene rings is 1. The average molecular weight is 310 g/mol. The monoisotopic (exact) mass is 309 g/mol. The minimum Gasteiger partial charge on any atom is -0.370 e. The molecule has 1 unspecified atom stereocenters. The third-order valence-electron chi connectivity index (χ3n) is 3.32. The van der Waals surface area contributed by atoms with Crippen LogP contribution < -0.4 is 5.73 Å². The first-order valence-electron chi connectivity index (χ1n) is 6.19. The van der Waals surface area contributed by atoms with Gasteiger partial charge in [-0.15, -0.1) is 11.3 Å². The molecule has 2 N–H and O–H groups in total. The highest BCUT2D eigenvalue weighted by Gasteiger charge is 2.29. The van der Waals surface area contributed by atoms with Crippen LogP contribution in [0.3, 0.4) is 0 Å². The fourth-order valence-corrected chi connectivity index (χ4v) is 3.32. The minimum absolute atomic E-state index is 0.0369. The summed E-state index contributed by atoms with van der Waals surface area (Å²) in [6.07, 6.45) is 0. The molecule has 0 radical (unpaired) electrons. The molecule has 0 bridgehead atoms. The van der Waals surface area contributed by atoms with Gasteiger partial charge in [-0.05, 0) is 29.1 Å². The van der Waals surface area contributed by atoms with Crippen molar-refractivity contribution >= 4 is 28.9 Å². The molecule has 1 aromatic heterocycles. The number of thiophene rings is 1. The molecular formula is C14H13ClFN3S. The predicted octanol–water partition coefficient (Wildman–Crippen LogP) is 3.41. The van der Waals surface area contributed by atoms with E-state index in [0.717, 1.165) is 5.56 Å². The SMILES string of the molecule is NC1=NCC(c2ccc(F)cc2Cl)N1Cc1cccs1. The van der Waals surface area contributed by atoms with Crippen LogP contribution in [-0.4, -0.2) is 17.4 Å². The molecule has 0 saturated heterocycles. The van der Waals surface area contributed by atoms with Crippen molar-refractivity contribution in [1.82, 2.24) is 4.90 Å². The Hall–Kier alpha value is -1.59. The normalized spacial score (nSPS) is 18.4. The number of nitrogens with two attached hydrogens (primary N) is 1. The molecule has 1 aliphatic rings. The molecule has 6 heteroatoms. The largest absolute Gasteiger partial charge is 0.370 e. The van der Waals surface area contributed by atoms with E-state index in [1.807, 2.05) is 16.3 Å². The number of rotatable bonds is 3. The molecule has 3 rings (SSSR count). The molecule has 0 amide bonds. The Balaban J connectivity index is 1.88. The molecule has 1 aliphatic heterocycles. The molecule has 1 atom stereocenters. The van der Waals surface area contributed by atoms with E-state index in [2.05, 4.69) is 11.1 Å². The van der Waals surface area contributed by atoms with Gasteiger partial charge in [0.25, 0.3) is 0 Å². The number of halogens is 2. The maximum Gasteiger partial charge on any atom is 0.192 e. The highest BCUT2D eigenvalue weighted by atomic mass is 35.5. The molecule has 20 heavy (non-hydrogen) atoms. The Kier molecular flexibility index (Phi) is 3.63. The zero-order valence-corrected chi connectivity index (χ0v) is 12.2. The van der Waals surface area contributed by atoms with Crippen LogP contribution in [-0.2, 0) is 6.54 Å². The molecule has 3 nitrogen and oxygen atoms in total. The van der Waals surface area contributed by atoms with Crippen LogP contribution >= 0.6 is 22.9 Å². The Labute approximate surface area is 125 Å². The molecule has 0 spiro atoms. The summed E-state index contributed by atoms with van der Waals surface area (Å²) in [6.45, 7) is 1.23. The van der Waals surface area contributed by atoms with Crippen LogP contribution in [0.2, 0.25) is 5.02 Å². The Bertz CT molecular complexity index is 642. The third-order valence-corrected chi connectivity index (χ3v) is 4.51. The number of hydrogen-bond acceptors (Lipinski definition) is 4. The van der Waals surface area contributed by atoms with Gasteiger partial charge in [0.1, 0.15) is 5.82 Å². The lowest BCUT2D eigenvalue weighted by Gasteiger charge is -2.26. The second kappa shape index (κ2) is 5.42. The van der Waals surface area contributed by atoms with Gasteiger partial charge in [0.05, 0.1) is 19.1 Å². The quantitative estimate of drug-likeness (QED) is 0.944. The smallest absolute Gasteiger partial charge is 0.192 e. The molecule has 104 valence electrons. The van der Waals surface area contributed by atoms with Crippen molar-refractivity contribution in [3.05, 3.63) is 57.0 Å². The molecule has 0 aliphatic carbocycles. The first kappa shape index (κ1) is 13.4. The lowest BCUT2D eigenvalue weighted by atomic mass is 10.1. The van der Waals surface area contributed by atoms with Crippen molar-refractivity contribution in [3.8, 4) is 0 Å². The van der Waals surface area contributed by atoms with Gasteiger partial charge in [-0.1, -0.05) is 23.7 Å². The summed E-state index contributed by atoms with van der Waals surface area (Å²) in [7, 11) is 0. The summed E-state index contributed by atoms with van der Waals surface area (Å²) in [4.78, 5) is 7.50. The van der Waals surface area contributed by atoms with E-state index in [4.69, 9.17) is 17.3 Å². The Morgan fingerprint density at radius 1 is 1.45 bits per heavy atom. The Morgan fingerprint density at radius 3 is 3.00 bits per heavy atom. The standard InChI is InChI=1S/C14H13ClFN3S/c15-12-6-9(16)3-4-11(12)13-7-18-14(17)19(13)8-10-2-1-5-20-10/h1-6,13H,7-8H2,(H2,17,18). The van der Waals surface area contributed by atoms with Crippen LogP contribution in [0.5, 0.6) is 0 Å². The maximum atomic E-state index is 13.2. The van der Waals surface area contributed by atoms with Gasteiger partial charge in [0.2, 0.25) is 0 Å². The van der Waals surface area contributed by atoms with Crippen LogP contribution in [0.15, 0.2) is 40.7 Å². The van der Waals surface area contributed by atoms with Crippen LogP contribution in [0.1, 0.15) is 16.5 Å². The molecule has 2 heterocycles. The van der Waals surface area contributed by atoms with Gasteiger partial charge in [-0.3, -0.25) is 4.99 Å². The van der Waals surface area contributed by atoms with Crippen molar-refractivity contribution < 1.29 is 4.39 Å². The lowest BCUT2D eigenvalue weighted by Crippen LogP contribution is -2.35.